The van der Waals surface area contributed by atoms with Gasteiger partial charge in [0.1, 0.15) is 12.9 Å². The molecule has 2 aromatic rings. The first-order chi connectivity index (χ1) is 12.4. The zero-order chi connectivity index (χ0) is 18.7. The average molecular weight is 372 g/mol. The second-order valence-corrected chi connectivity index (χ2v) is 8.85. The summed E-state index contributed by atoms with van der Waals surface area (Å²) in [7, 11) is -3.66. The number of ether oxygens (including phenoxy) is 1. The van der Waals surface area contributed by atoms with E-state index in [9.17, 15) is 8.42 Å². The number of aryl methyl sites for hydroxylation is 1. The molecule has 3 rings (SSSR count). The van der Waals surface area contributed by atoms with E-state index >= 15 is 0 Å². The number of sulfonamides is 1. The van der Waals surface area contributed by atoms with Crippen molar-refractivity contribution < 1.29 is 13.2 Å². The number of nitrogens with zero attached hydrogens (tertiary/aromatic N) is 1. The molecule has 0 spiro atoms. The van der Waals surface area contributed by atoms with E-state index in [-0.39, 0.29) is 12.0 Å². The first-order valence-electron chi connectivity index (χ1n) is 8.85. The van der Waals surface area contributed by atoms with Gasteiger partial charge in [0.25, 0.3) is 10.0 Å². The Balaban J connectivity index is 2.03. The molecule has 5 heteroatoms. The molecule has 2 aromatic carbocycles. The third-order valence-electron chi connectivity index (χ3n) is 4.65. The highest BCUT2D eigenvalue weighted by molar-refractivity contribution is 7.89. The molecule has 0 saturated heterocycles. The molecule has 138 valence electrons. The molecule has 4 nitrogen and oxygen atoms in total. The summed E-state index contributed by atoms with van der Waals surface area (Å²) in [5.74, 6) is 0.134. The topological polar surface area (TPSA) is 46.6 Å². The average Bonchev–Trinajstić information content (AvgIpc) is 2.62. The number of benzene rings is 2. The van der Waals surface area contributed by atoms with E-state index in [1.807, 2.05) is 63.2 Å². The van der Waals surface area contributed by atoms with Crippen LogP contribution in [-0.2, 0) is 21.2 Å². The third-order valence-corrected chi connectivity index (χ3v) is 6.54. The molecule has 0 radical (unpaired) electrons. The van der Waals surface area contributed by atoms with Crippen molar-refractivity contribution in [3.8, 4) is 0 Å². The van der Waals surface area contributed by atoms with E-state index in [0.29, 0.717) is 23.6 Å². The van der Waals surface area contributed by atoms with E-state index in [1.54, 1.807) is 22.7 Å². The minimum Gasteiger partial charge on any atom is -0.497 e. The molecule has 0 aliphatic carbocycles. The SMILES string of the molecule is Cc1ccc(S(=O)(=O)N2C(Cc3ccccc3)=COC[C@@H]2C(C)C)cc1. The Bertz CT molecular complexity index is 871. The van der Waals surface area contributed by atoms with Crippen LogP contribution in [0.2, 0.25) is 0 Å². The standard InChI is InChI=1S/C21H25NO3S/c1-16(2)21-15-25-14-19(13-18-7-5-4-6-8-18)22(21)26(23,24)20-11-9-17(3)10-12-20/h4-12,14,16,21H,13,15H2,1-3H3/t21-/m1/s1. The second-order valence-electron chi connectivity index (χ2n) is 7.03. The van der Waals surface area contributed by atoms with Gasteiger partial charge in [-0.1, -0.05) is 61.9 Å². The summed E-state index contributed by atoms with van der Waals surface area (Å²) in [6, 6.07) is 16.6. The molecule has 0 amide bonds. The van der Waals surface area contributed by atoms with Gasteiger partial charge < -0.3 is 4.74 Å². The van der Waals surface area contributed by atoms with Crippen molar-refractivity contribution in [2.75, 3.05) is 6.61 Å². The summed E-state index contributed by atoms with van der Waals surface area (Å²) in [5, 5.41) is 0. The Kier molecular flexibility index (Phi) is 5.37. The molecule has 0 bridgehead atoms. The zero-order valence-corrected chi connectivity index (χ0v) is 16.2. The maximum absolute atomic E-state index is 13.4. The number of rotatable bonds is 5. The lowest BCUT2D eigenvalue weighted by Crippen LogP contribution is -2.47. The van der Waals surface area contributed by atoms with E-state index in [1.165, 1.54) is 0 Å². The van der Waals surface area contributed by atoms with Crippen LogP contribution in [0.1, 0.15) is 25.0 Å². The van der Waals surface area contributed by atoms with Crippen molar-refractivity contribution >= 4 is 10.0 Å². The van der Waals surface area contributed by atoms with Crippen LogP contribution in [0.25, 0.3) is 0 Å². The van der Waals surface area contributed by atoms with Crippen molar-refractivity contribution in [1.29, 1.82) is 0 Å². The van der Waals surface area contributed by atoms with Gasteiger partial charge in [-0.25, -0.2) is 8.42 Å². The Morgan fingerprint density at radius 2 is 1.73 bits per heavy atom. The summed E-state index contributed by atoms with van der Waals surface area (Å²) < 4.78 is 34.1. The van der Waals surface area contributed by atoms with E-state index in [4.69, 9.17) is 4.74 Å². The van der Waals surface area contributed by atoms with Crippen molar-refractivity contribution in [3.63, 3.8) is 0 Å². The van der Waals surface area contributed by atoms with Crippen LogP contribution < -0.4 is 0 Å². The number of hydrogen-bond donors (Lipinski definition) is 0. The van der Waals surface area contributed by atoms with Crippen LogP contribution in [0.4, 0.5) is 0 Å². The molecule has 1 aliphatic rings. The van der Waals surface area contributed by atoms with Gasteiger partial charge in [0, 0.05) is 6.42 Å². The molecular weight excluding hydrogens is 346 g/mol. The second kappa shape index (κ2) is 7.54. The van der Waals surface area contributed by atoms with Gasteiger partial charge in [-0.05, 0) is 30.5 Å². The van der Waals surface area contributed by atoms with Gasteiger partial charge in [0.05, 0.1) is 16.6 Å². The van der Waals surface area contributed by atoms with Crippen LogP contribution in [0.5, 0.6) is 0 Å². The summed E-state index contributed by atoms with van der Waals surface area (Å²) in [6.07, 6.45) is 2.10. The van der Waals surface area contributed by atoms with Gasteiger partial charge in [0.15, 0.2) is 0 Å². The number of allylic oxidation sites excluding steroid dienone is 1. The minimum atomic E-state index is -3.66. The molecule has 0 fully saturated rings. The Morgan fingerprint density at radius 3 is 2.35 bits per heavy atom. The third kappa shape index (κ3) is 3.78. The maximum Gasteiger partial charge on any atom is 0.264 e. The van der Waals surface area contributed by atoms with E-state index in [0.717, 1.165) is 11.1 Å². The van der Waals surface area contributed by atoms with Gasteiger partial charge in [-0.2, -0.15) is 0 Å². The van der Waals surface area contributed by atoms with Crippen LogP contribution in [-0.4, -0.2) is 25.4 Å². The molecular formula is C21H25NO3S. The predicted molar refractivity (Wildman–Crippen MR) is 103 cm³/mol. The smallest absolute Gasteiger partial charge is 0.264 e. The lowest BCUT2D eigenvalue weighted by atomic mass is 10.0. The minimum absolute atomic E-state index is 0.134. The van der Waals surface area contributed by atoms with Crippen molar-refractivity contribution in [2.24, 2.45) is 5.92 Å². The summed E-state index contributed by atoms with van der Waals surface area (Å²) in [6.45, 7) is 6.36. The Morgan fingerprint density at radius 1 is 1.08 bits per heavy atom. The largest absolute Gasteiger partial charge is 0.497 e. The maximum atomic E-state index is 13.4. The molecule has 0 saturated carbocycles. The highest BCUT2D eigenvalue weighted by atomic mass is 32.2. The van der Waals surface area contributed by atoms with E-state index in [2.05, 4.69) is 0 Å². The molecule has 0 unspecified atom stereocenters. The molecule has 0 N–H and O–H groups in total. The monoisotopic (exact) mass is 371 g/mol. The van der Waals surface area contributed by atoms with Gasteiger partial charge in [0.2, 0.25) is 0 Å². The summed E-state index contributed by atoms with van der Waals surface area (Å²) in [5.41, 5.74) is 2.75. The molecule has 26 heavy (non-hydrogen) atoms. The zero-order valence-electron chi connectivity index (χ0n) is 15.4. The van der Waals surface area contributed by atoms with E-state index < -0.39 is 10.0 Å². The fourth-order valence-electron chi connectivity index (χ4n) is 3.12. The highest BCUT2D eigenvalue weighted by Gasteiger charge is 2.37. The number of hydrogen-bond acceptors (Lipinski definition) is 3. The van der Waals surface area contributed by atoms with Crippen LogP contribution >= 0.6 is 0 Å². The Hall–Kier alpha value is -2.27. The summed E-state index contributed by atoms with van der Waals surface area (Å²) in [4.78, 5) is 0.314. The first kappa shape index (κ1) is 18.5. The summed E-state index contributed by atoms with van der Waals surface area (Å²) >= 11 is 0. The first-order valence-corrected chi connectivity index (χ1v) is 10.3. The lowest BCUT2D eigenvalue weighted by molar-refractivity contribution is 0.115. The van der Waals surface area contributed by atoms with Gasteiger partial charge in [-0.3, -0.25) is 4.31 Å². The molecule has 1 atom stereocenters. The predicted octanol–water partition coefficient (Wildman–Crippen LogP) is 4.12. The molecule has 0 aromatic heterocycles. The molecule has 1 aliphatic heterocycles. The van der Waals surface area contributed by atoms with Gasteiger partial charge >= 0.3 is 0 Å². The molecule has 1 heterocycles. The fraction of sp³-hybridized carbons (Fsp3) is 0.333. The van der Waals surface area contributed by atoms with Crippen molar-refractivity contribution in [3.05, 3.63) is 77.7 Å². The highest BCUT2D eigenvalue weighted by Crippen LogP contribution is 2.31. The van der Waals surface area contributed by atoms with Crippen molar-refractivity contribution in [1.82, 2.24) is 4.31 Å². The normalized spacial score (nSPS) is 17.8. The lowest BCUT2D eigenvalue weighted by Gasteiger charge is -2.39. The quantitative estimate of drug-likeness (QED) is 0.794. The van der Waals surface area contributed by atoms with Crippen LogP contribution in [0.3, 0.4) is 0 Å². The fourth-order valence-corrected chi connectivity index (χ4v) is 4.90. The Labute approximate surface area is 156 Å². The van der Waals surface area contributed by atoms with Crippen LogP contribution in [0.15, 0.2) is 71.5 Å². The van der Waals surface area contributed by atoms with Crippen LogP contribution in [0, 0.1) is 12.8 Å². The van der Waals surface area contributed by atoms with Crippen molar-refractivity contribution in [2.45, 2.75) is 38.1 Å². The van der Waals surface area contributed by atoms with Gasteiger partial charge in [-0.15, -0.1) is 0 Å².